The molecule has 2 aromatic heterocycles. The van der Waals surface area contributed by atoms with Crippen LogP contribution in [0.2, 0.25) is 0 Å². The smallest absolute Gasteiger partial charge is 0.147 e. The van der Waals surface area contributed by atoms with Gasteiger partial charge in [-0.3, -0.25) is 0 Å². The minimum Gasteiger partial charge on any atom is -0.456 e. The lowest BCUT2D eigenvalue weighted by atomic mass is 9.91. The summed E-state index contributed by atoms with van der Waals surface area (Å²) >= 11 is 0. The van der Waals surface area contributed by atoms with E-state index in [1.807, 2.05) is 48.5 Å². The second-order valence-corrected chi connectivity index (χ2v) is 5.24. The van der Waals surface area contributed by atoms with E-state index in [9.17, 15) is 0 Å². The Kier molecular flexibility index (Phi) is 1.94. The molecule has 0 fully saturated rings. The van der Waals surface area contributed by atoms with Crippen LogP contribution in [0.3, 0.4) is 0 Å². The van der Waals surface area contributed by atoms with E-state index in [2.05, 4.69) is 6.07 Å². The van der Waals surface area contributed by atoms with Crippen LogP contribution >= 0.6 is 0 Å². The van der Waals surface area contributed by atoms with Crippen LogP contribution in [0.25, 0.3) is 43.9 Å². The molecular weight excluding hydrogens is 259 g/mol. The molecule has 0 aliphatic heterocycles. The zero-order valence-corrected chi connectivity index (χ0v) is 11.1. The number of furan rings is 2. The molecule has 0 unspecified atom stereocenters. The molecule has 0 aliphatic carbocycles. The number of hydrogen-bond donors (Lipinski definition) is 0. The summed E-state index contributed by atoms with van der Waals surface area (Å²) in [6.07, 6.45) is 0. The molecule has 0 N–H and O–H groups in total. The van der Waals surface area contributed by atoms with Crippen LogP contribution in [0.1, 0.15) is 0 Å². The normalized spacial score (nSPS) is 12.0. The van der Waals surface area contributed by atoms with E-state index in [4.69, 9.17) is 16.7 Å². The van der Waals surface area contributed by atoms with E-state index in [1.165, 1.54) is 0 Å². The monoisotopic (exact) mass is 268 g/mol. The van der Waals surface area contributed by atoms with Crippen molar-refractivity contribution in [3.63, 3.8) is 0 Å². The van der Waals surface area contributed by atoms with Gasteiger partial charge in [0.1, 0.15) is 30.2 Å². The Morgan fingerprint density at radius 3 is 2.38 bits per heavy atom. The Morgan fingerprint density at radius 1 is 0.619 bits per heavy atom. The minimum absolute atomic E-state index is 0.708. The predicted molar refractivity (Wildman–Crippen MR) is 86.4 cm³/mol. The van der Waals surface area contributed by atoms with Crippen molar-refractivity contribution in [3.05, 3.63) is 54.6 Å². The molecule has 0 saturated carbocycles. The van der Waals surface area contributed by atoms with Gasteiger partial charge in [-0.25, -0.2) is 0 Å². The van der Waals surface area contributed by atoms with Crippen molar-refractivity contribution >= 4 is 57.2 Å². The predicted octanol–water partition coefficient (Wildman–Crippen LogP) is 4.28. The summed E-state index contributed by atoms with van der Waals surface area (Å²) in [5.74, 6) is 0. The second-order valence-electron chi connectivity index (χ2n) is 5.24. The van der Waals surface area contributed by atoms with Crippen molar-refractivity contribution in [1.82, 2.24) is 0 Å². The van der Waals surface area contributed by atoms with Crippen molar-refractivity contribution < 1.29 is 8.83 Å². The first kappa shape index (κ1) is 11.0. The van der Waals surface area contributed by atoms with Gasteiger partial charge in [0.05, 0.1) is 5.39 Å². The molecular formula is C18H9BO2. The third-order valence-electron chi connectivity index (χ3n) is 4.04. The first-order valence-corrected chi connectivity index (χ1v) is 6.84. The lowest BCUT2D eigenvalue weighted by Gasteiger charge is -1.95. The summed E-state index contributed by atoms with van der Waals surface area (Å²) < 4.78 is 12.0. The van der Waals surface area contributed by atoms with Gasteiger partial charge in [-0.2, -0.15) is 0 Å². The van der Waals surface area contributed by atoms with Crippen LogP contribution in [0.5, 0.6) is 0 Å². The summed E-state index contributed by atoms with van der Waals surface area (Å²) in [6, 6.07) is 17.8. The van der Waals surface area contributed by atoms with Crippen LogP contribution in [0.4, 0.5) is 0 Å². The number of hydrogen-bond acceptors (Lipinski definition) is 2. The fourth-order valence-electron chi connectivity index (χ4n) is 3.11. The topological polar surface area (TPSA) is 26.3 Å². The Morgan fingerprint density at radius 2 is 1.43 bits per heavy atom. The molecule has 2 nitrogen and oxygen atoms in total. The molecule has 0 saturated heterocycles. The number of rotatable bonds is 0. The van der Waals surface area contributed by atoms with Crippen LogP contribution in [0, 0.1) is 0 Å². The van der Waals surface area contributed by atoms with Crippen molar-refractivity contribution in [3.8, 4) is 0 Å². The van der Waals surface area contributed by atoms with Gasteiger partial charge < -0.3 is 8.83 Å². The maximum absolute atomic E-state index is 6.15. The highest BCUT2D eigenvalue weighted by molar-refractivity contribution is 6.42. The summed E-state index contributed by atoms with van der Waals surface area (Å²) in [6.45, 7) is 0. The Labute approximate surface area is 121 Å². The quantitative estimate of drug-likeness (QED) is 0.392. The molecule has 96 valence electrons. The van der Waals surface area contributed by atoms with Crippen molar-refractivity contribution in [2.75, 3.05) is 0 Å². The number of para-hydroxylation sites is 1. The summed E-state index contributed by atoms with van der Waals surface area (Å²) in [5.41, 5.74) is 4.01. The summed E-state index contributed by atoms with van der Waals surface area (Å²) in [4.78, 5) is 0. The van der Waals surface area contributed by atoms with E-state index >= 15 is 0 Å². The van der Waals surface area contributed by atoms with Gasteiger partial charge in [-0.15, -0.1) is 0 Å². The SMILES string of the molecule is [B]c1cccc2oc3ccc4c5ccccc5oc4c3c12. The molecule has 2 radical (unpaired) electrons. The fourth-order valence-corrected chi connectivity index (χ4v) is 3.11. The minimum atomic E-state index is 0.708. The van der Waals surface area contributed by atoms with Crippen molar-refractivity contribution in [2.24, 2.45) is 0 Å². The van der Waals surface area contributed by atoms with Gasteiger partial charge in [-0.1, -0.05) is 35.8 Å². The van der Waals surface area contributed by atoms with Crippen molar-refractivity contribution in [2.45, 2.75) is 0 Å². The lowest BCUT2D eigenvalue weighted by Crippen LogP contribution is -2.01. The van der Waals surface area contributed by atoms with E-state index < -0.39 is 0 Å². The molecule has 2 heterocycles. The zero-order valence-electron chi connectivity index (χ0n) is 11.1. The number of fused-ring (bicyclic) bond motifs is 7. The molecule has 0 aliphatic rings. The van der Waals surface area contributed by atoms with Gasteiger partial charge in [0.15, 0.2) is 0 Å². The average Bonchev–Trinajstić information content (AvgIpc) is 3.05. The molecule has 0 bridgehead atoms. The van der Waals surface area contributed by atoms with Gasteiger partial charge >= 0.3 is 0 Å². The molecule has 0 spiro atoms. The van der Waals surface area contributed by atoms with Crippen LogP contribution < -0.4 is 5.46 Å². The van der Waals surface area contributed by atoms with E-state index in [0.717, 1.165) is 43.9 Å². The maximum Gasteiger partial charge on any atom is 0.147 e. The van der Waals surface area contributed by atoms with Gasteiger partial charge in [0.2, 0.25) is 0 Å². The van der Waals surface area contributed by atoms with Gasteiger partial charge in [0, 0.05) is 16.2 Å². The Bertz CT molecular complexity index is 1150. The second kappa shape index (κ2) is 3.70. The highest BCUT2D eigenvalue weighted by Gasteiger charge is 2.16. The lowest BCUT2D eigenvalue weighted by molar-refractivity contribution is 0.663. The van der Waals surface area contributed by atoms with Gasteiger partial charge in [0.25, 0.3) is 0 Å². The first-order chi connectivity index (χ1) is 10.3. The van der Waals surface area contributed by atoms with E-state index in [-0.39, 0.29) is 0 Å². The zero-order chi connectivity index (χ0) is 14.0. The third-order valence-corrected chi connectivity index (χ3v) is 4.04. The van der Waals surface area contributed by atoms with Crippen LogP contribution in [-0.4, -0.2) is 7.85 Å². The highest BCUT2D eigenvalue weighted by Crippen LogP contribution is 2.38. The third kappa shape index (κ3) is 1.33. The van der Waals surface area contributed by atoms with Crippen LogP contribution in [-0.2, 0) is 0 Å². The fraction of sp³-hybridized carbons (Fsp3) is 0. The molecule has 5 aromatic rings. The first-order valence-electron chi connectivity index (χ1n) is 6.84. The van der Waals surface area contributed by atoms with Crippen molar-refractivity contribution in [1.29, 1.82) is 0 Å². The summed E-state index contributed by atoms with van der Waals surface area (Å²) in [7, 11) is 6.15. The Hall–Kier alpha value is -2.68. The average molecular weight is 268 g/mol. The summed E-state index contributed by atoms with van der Waals surface area (Å²) in [5, 5.41) is 4.08. The van der Waals surface area contributed by atoms with Gasteiger partial charge in [-0.05, 0) is 24.3 Å². The molecule has 0 atom stereocenters. The Balaban J connectivity index is 2.15. The molecule has 21 heavy (non-hydrogen) atoms. The standard InChI is InChI=1S/C18H9BO2/c19-12-5-3-7-14-16(12)17-15(20-14)9-8-11-10-4-1-2-6-13(10)21-18(11)17/h1-9H. The van der Waals surface area contributed by atoms with E-state index in [0.29, 0.717) is 5.46 Å². The van der Waals surface area contributed by atoms with Crippen LogP contribution in [0.15, 0.2) is 63.4 Å². The maximum atomic E-state index is 6.15. The number of benzene rings is 3. The molecule has 3 heteroatoms. The van der Waals surface area contributed by atoms with E-state index in [1.54, 1.807) is 0 Å². The molecule has 3 aromatic carbocycles. The molecule has 5 rings (SSSR count). The molecule has 0 amide bonds. The largest absolute Gasteiger partial charge is 0.456 e. The highest BCUT2D eigenvalue weighted by atomic mass is 16.3.